The van der Waals surface area contributed by atoms with Gasteiger partial charge in [0.2, 0.25) is 0 Å². The SMILES string of the molecule is CC(C)=CC(NN)c1cccc(C)c1. The molecule has 0 amide bonds. The second kappa shape index (κ2) is 4.94. The Labute approximate surface area is 85.8 Å². The Morgan fingerprint density at radius 1 is 1.43 bits per heavy atom. The molecule has 0 aromatic heterocycles. The topological polar surface area (TPSA) is 38.0 Å². The molecule has 0 heterocycles. The maximum atomic E-state index is 5.51. The van der Waals surface area contributed by atoms with Crippen LogP contribution in [0.25, 0.3) is 0 Å². The van der Waals surface area contributed by atoms with Crippen molar-refractivity contribution in [1.29, 1.82) is 0 Å². The van der Waals surface area contributed by atoms with E-state index < -0.39 is 0 Å². The van der Waals surface area contributed by atoms with E-state index in [2.05, 4.69) is 50.5 Å². The van der Waals surface area contributed by atoms with E-state index in [1.54, 1.807) is 0 Å². The average Bonchev–Trinajstić information content (AvgIpc) is 2.14. The van der Waals surface area contributed by atoms with Gasteiger partial charge in [0.15, 0.2) is 0 Å². The van der Waals surface area contributed by atoms with Crippen molar-refractivity contribution in [2.75, 3.05) is 0 Å². The van der Waals surface area contributed by atoms with Gasteiger partial charge in [0.1, 0.15) is 0 Å². The Balaban J connectivity index is 2.95. The van der Waals surface area contributed by atoms with Crippen LogP contribution in [0.4, 0.5) is 0 Å². The Morgan fingerprint density at radius 3 is 2.64 bits per heavy atom. The number of rotatable bonds is 3. The lowest BCUT2D eigenvalue weighted by atomic mass is 10.0. The summed E-state index contributed by atoms with van der Waals surface area (Å²) in [5, 5.41) is 0. The van der Waals surface area contributed by atoms with E-state index >= 15 is 0 Å². The van der Waals surface area contributed by atoms with Gasteiger partial charge in [0.05, 0.1) is 6.04 Å². The minimum Gasteiger partial charge on any atom is -0.271 e. The van der Waals surface area contributed by atoms with Crippen molar-refractivity contribution in [1.82, 2.24) is 5.43 Å². The van der Waals surface area contributed by atoms with Gasteiger partial charge in [-0.15, -0.1) is 0 Å². The Bertz CT molecular complexity index is 325. The average molecular weight is 190 g/mol. The lowest BCUT2D eigenvalue weighted by Gasteiger charge is -2.13. The van der Waals surface area contributed by atoms with Crippen molar-refractivity contribution in [3.8, 4) is 0 Å². The molecule has 1 unspecified atom stereocenters. The molecule has 0 aliphatic rings. The Hall–Kier alpha value is -1.12. The van der Waals surface area contributed by atoms with E-state index in [1.165, 1.54) is 16.7 Å². The fourth-order valence-corrected chi connectivity index (χ4v) is 1.44. The molecule has 1 aromatic rings. The van der Waals surface area contributed by atoms with Crippen molar-refractivity contribution >= 4 is 0 Å². The zero-order chi connectivity index (χ0) is 10.6. The first-order valence-electron chi connectivity index (χ1n) is 4.81. The van der Waals surface area contributed by atoms with E-state index in [9.17, 15) is 0 Å². The first-order chi connectivity index (χ1) is 6.63. The van der Waals surface area contributed by atoms with Crippen LogP contribution in [0, 0.1) is 6.92 Å². The van der Waals surface area contributed by atoms with Crippen LogP contribution in [0.2, 0.25) is 0 Å². The molecule has 14 heavy (non-hydrogen) atoms. The number of nitrogens with one attached hydrogen (secondary N) is 1. The van der Waals surface area contributed by atoms with E-state index in [0.29, 0.717) is 0 Å². The molecule has 0 bridgehead atoms. The van der Waals surface area contributed by atoms with Gasteiger partial charge >= 0.3 is 0 Å². The molecule has 1 aromatic carbocycles. The zero-order valence-electron chi connectivity index (χ0n) is 9.04. The second-order valence-corrected chi connectivity index (χ2v) is 3.80. The predicted molar refractivity (Wildman–Crippen MR) is 60.7 cm³/mol. The third-order valence-corrected chi connectivity index (χ3v) is 2.08. The van der Waals surface area contributed by atoms with E-state index in [-0.39, 0.29) is 6.04 Å². The molecule has 0 aliphatic heterocycles. The summed E-state index contributed by atoms with van der Waals surface area (Å²) in [4.78, 5) is 0. The molecule has 1 atom stereocenters. The summed E-state index contributed by atoms with van der Waals surface area (Å²) in [5.41, 5.74) is 6.52. The summed E-state index contributed by atoms with van der Waals surface area (Å²) in [6, 6.07) is 8.47. The van der Waals surface area contributed by atoms with Gasteiger partial charge in [0, 0.05) is 0 Å². The minimum atomic E-state index is 0.111. The van der Waals surface area contributed by atoms with Gasteiger partial charge in [-0.2, -0.15) is 0 Å². The van der Waals surface area contributed by atoms with Gasteiger partial charge in [-0.25, -0.2) is 5.43 Å². The Kier molecular flexibility index (Phi) is 3.86. The van der Waals surface area contributed by atoms with E-state index in [1.807, 2.05) is 6.07 Å². The lowest BCUT2D eigenvalue weighted by Crippen LogP contribution is -2.26. The zero-order valence-corrected chi connectivity index (χ0v) is 9.04. The molecule has 0 fully saturated rings. The smallest absolute Gasteiger partial charge is 0.0643 e. The summed E-state index contributed by atoms with van der Waals surface area (Å²) in [6.45, 7) is 6.22. The van der Waals surface area contributed by atoms with Crippen molar-refractivity contribution in [3.63, 3.8) is 0 Å². The van der Waals surface area contributed by atoms with Crippen LogP contribution in [0.1, 0.15) is 31.0 Å². The van der Waals surface area contributed by atoms with E-state index in [4.69, 9.17) is 5.84 Å². The summed E-state index contributed by atoms with van der Waals surface area (Å²) >= 11 is 0. The molecular formula is C12H18N2. The maximum absolute atomic E-state index is 5.51. The van der Waals surface area contributed by atoms with Crippen LogP contribution < -0.4 is 11.3 Å². The second-order valence-electron chi connectivity index (χ2n) is 3.80. The van der Waals surface area contributed by atoms with Gasteiger partial charge in [-0.3, -0.25) is 5.84 Å². The molecule has 0 aliphatic carbocycles. The first-order valence-corrected chi connectivity index (χ1v) is 4.81. The lowest BCUT2D eigenvalue weighted by molar-refractivity contribution is 0.651. The highest BCUT2D eigenvalue weighted by Gasteiger charge is 2.05. The highest BCUT2D eigenvalue weighted by Crippen LogP contribution is 2.16. The number of aryl methyl sites for hydroxylation is 1. The van der Waals surface area contributed by atoms with Gasteiger partial charge in [-0.1, -0.05) is 41.5 Å². The van der Waals surface area contributed by atoms with Crippen LogP contribution in [0.5, 0.6) is 0 Å². The largest absolute Gasteiger partial charge is 0.271 e. The number of nitrogens with two attached hydrogens (primary N) is 1. The summed E-state index contributed by atoms with van der Waals surface area (Å²) in [7, 11) is 0. The molecule has 3 N–H and O–H groups in total. The normalized spacial score (nSPS) is 12.3. The maximum Gasteiger partial charge on any atom is 0.0643 e. The van der Waals surface area contributed by atoms with E-state index in [0.717, 1.165) is 0 Å². The first kappa shape index (κ1) is 11.0. The molecule has 0 saturated carbocycles. The van der Waals surface area contributed by atoms with Crippen molar-refractivity contribution in [3.05, 3.63) is 47.0 Å². The monoisotopic (exact) mass is 190 g/mol. The summed E-state index contributed by atoms with van der Waals surface area (Å²) < 4.78 is 0. The van der Waals surface area contributed by atoms with Crippen LogP contribution in [-0.2, 0) is 0 Å². The molecule has 2 nitrogen and oxygen atoms in total. The standard InChI is InChI=1S/C12H18N2/c1-9(2)7-12(14-13)11-6-4-5-10(3)8-11/h4-8,12,14H,13H2,1-3H3. The van der Waals surface area contributed by atoms with Gasteiger partial charge < -0.3 is 0 Å². The highest BCUT2D eigenvalue weighted by atomic mass is 15.2. The molecular weight excluding hydrogens is 172 g/mol. The van der Waals surface area contributed by atoms with Crippen LogP contribution >= 0.6 is 0 Å². The van der Waals surface area contributed by atoms with Crippen molar-refractivity contribution < 1.29 is 0 Å². The van der Waals surface area contributed by atoms with Crippen molar-refractivity contribution in [2.24, 2.45) is 5.84 Å². The fourth-order valence-electron chi connectivity index (χ4n) is 1.44. The number of hydrazine groups is 1. The third kappa shape index (κ3) is 2.98. The minimum absolute atomic E-state index is 0.111. The van der Waals surface area contributed by atoms with Crippen LogP contribution in [0.15, 0.2) is 35.9 Å². The van der Waals surface area contributed by atoms with Gasteiger partial charge in [-0.05, 0) is 26.3 Å². The molecule has 1 rings (SSSR count). The van der Waals surface area contributed by atoms with Gasteiger partial charge in [0.25, 0.3) is 0 Å². The molecule has 0 radical (unpaired) electrons. The number of hydrogen-bond acceptors (Lipinski definition) is 2. The number of hydrogen-bond donors (Lipinski definition) is 2. The van der Waals surface area contributed by atoms with Crippen molar-refractivity contribution in [2.45, 2.75) is 26.8 Å². The molecule has 0 spiro atoms. The fraction of sp³-hybridized carbons (Fsp3) is 0.333. The predicted octanol–water partition coefficient (Wildman–Crippen LogP) is 2.47. The quantitative estimate of drug-likeness (QED) is 0.436. The molecule has 76 valence electrons. The number of benzene rings is 1. The summed E-state index contributed by atoms with van der Waals surface area (Å²) in [6.07, 6.45) is 2.12. The number of allylic oxidation sites excluding steroid dienone is 1. The molecule has 2 heteroatoms. The van der Waals surface area contributed by atoms with Crippen LogP contribution in [0.3, 0.4) is 0 Å². The van der Waals surface area contributed by atoms with Crippen LogP contribution in [-0.4, -0.2) is 0 Å². The summed E-state index contributed by atoms with van der Waals surface area (Å²) in [5.74, 6) is 5.51. The molecule has 0 saturated heterocycles. The third-order valence-electron chi connectivity index (χ3n) is 2.08. The Morgan fingerprint density at radius 2 is 2.14 bits per heavy atom. The highest BCUT2D eigenvalue weighted by molar-refractivity contribution is 5.28.